The lowest BCUT2D eigenvalue weighted by Gasteiger charge is -2.09. The number of nitrogens with zero attached hydrogens (tertiary/aromatic N) is 2. The lowest BCUT2D eigenvalue weighted by atomic mass is 10.2. The standard InChI is InChI=1S/C15H14BrClN2S/c1-9-4-3-5-12-14(9)18-15(10(2)17)19(12)8-11-6-7-13(16)20-11/h3-7,10H,8H2,1-2H3. The molecule has 0 fully saturated rings. The van der Waals surface area contributed by atoms with Crippen LogP contribution in [0.2, 0.25) is 0 Å². The van der Waals surface area contributed by atoms with Gasteiger partial charge in [-0.15, -0.1) is 22.9 Å². The van der Waals surface area contributed by atoms with E-state index in [0.717, 1.165) is 27.2 Å². The molecule has 2 nitrogen and oxygen atoms in total. The second-order valence-electron chi connectivity index (χ2n) is 4.82. The Bertz CT molecular complexity index is 760. The van der Waals surface area contributed by atoms with E-state index < -0.39 is 0 Å². The van der Waals surface area contributed by atoms with Crippen LogP contribution in [0.15, 0.2) is 34.1 Å². The number of aryl methyl sites for hydroxylation is 1. The number of hydrogen-bond acceptors (Lipinski definition) is 2. The average molecular weight is 370 g/mol. The van der Waals surface area contributed by atoms with Gasteiger partial charge in [0.15, 0.2) is 0 Å². The number of benzene rings is 1. The highest BCUT2D eigenvalue weighted by Gasteiger charge is 2.16. The summed E-state index contributed by atoms with van der Waals surface area (Å²) in [5.74, 6) is 0.931. The third-order valence-corrected chi connectivity index (χ3v) is 5.11. The van der Waals surface area contributed by atoms with Crippen molar-refractivity contribution in [2.45, 2.75) is 25.8 Å². The SMILES string of the molecule is Cc1cccc2c1nc(C(C)Cl)n2Cc1ccc(Br)s1. The van der Waals surface area contributed by atoms with Gasteiger partial charge in [-0.05, 0) is 53.5 Å². The van der Waals surface area contributed by atoms with E-state index in [0.29, 0.717) is 0 Å². The van der Waals surface area contributed by atoms with Crippen LogP contribution in [0, 0.1) is 6.92 Å². The smallest absolute Gasteiger partial charge is 0.128 e. The van der Waals surface area contributed by atoms with E-state index in [1.54, 1.807) is 11.3 Å². The molecule has 0 saturated carbocycles. The number of para-hydroxylation sites is 1. The summed E-state index contributed by atoms with van der Waals surface area (Å²) in [6.07, 6.45) is 0. The monoisotopic (exact) mass is 368 g/mol. The van der Waals surface area contributed by atoms with Gasteiger partial charge in [-0.1, -0.05) is 12.1 Å². The minimum Gasteiger partial charge on any atom is -0.321 e. The van der Waals surface area contributed by atoms with Crippen LogP contribution in [0.5, 0.6) is 0 Å². The van der Waals surface area contributed by atoms with Crippen molar-refractivity contribution in [1.29, 1.82) is 0 Å². The van der Waals surface area contributed by atoms with Crippen LogP contribution in [0.4, 0.5) is 0 Å². The van der Waals surface area contributed by atoms with Crippen LogP contribution in [0.25, 0.3) is 11.0 Å². The van der Waals surface area contributed by atoms with E-state index in [4.69, 9.17) is 16.6 Å². The topological polar surface area (TPSA) is 17.8 Å². The molecule has 0 spiro atoms. The summed E-state index contributed by atoms with van der Waals surface area (Å²) in [7, 11) is 0. The molecule has 5 heteroatoms. The zero-order valence-electron chi connectivity index (χ0n) is 11.2. The molecule has 0 aliphatic carbocycles. The molecular formula is C15H14BrClN2S. The Morgan fingerprint density at radius 1 is 1.35 bits per heavy atom. The molecule has 3 rings (SSSR count). The van der Waals surface area contributed by atoms with Gasteiger partial charge >= 0.3 is 0 Å². The van der Waals surface area contributed by atoms with Gasteiger partial charge in [-0.2, -0.15) is 0 Å². The zero-order valence-corrected chi connectivity index (χ0v) is 14.4. The van der Waals surface area contributed by atoms with Crippen molar-refractivity contribution in [3.05, 3.63) is 50.4 Å². The van der Waals surface area contributed by atoms with E-state index in [-0.39, 0.29) is 5.38 Å². The highest BCUT2D eigenvalue weighted by Crippen LogP contribution is 2.29. The molecule has 0 aliphatic heterocycles. The van der Waals surface area contributed by atoms with Crippen LogP contribution in [-0.2, 0) is 6.54 Å². The first-order valence-electron chi connectivity index (χ1n) is 6.40. The molecule has 2 heterocycles. The maximum absolute atomic E-state index is 6.31. The molecule has 3 aromatic rings. The van der Waals surface area contributed by atoms with Crippen LogP contribution < -0.4 is 0 Å². The van der Waals surface area contributed by atoms with Crippen molar-refractivity contribution in [3.63, 3.8) is 0 Å². The Balaban J connectivity index is 2.16. The zero-order chi connectivity index (χ0) is 14.3. The highest BCUT2D eigenvalue weighted by atomic mass is 79.9. The fraction of sp³-hybridized carbons (Fsp3) is 0.267. The summed E-state index contributed by atoms with van der Waals surface area (Å²) in [6.45, 7) is 4.87. The van der Waals surface area contributed by atoms with Crippen LogP contribution in [0.1, 0.15) is 28.6 Å². The minimum absolute atomic E-state index is 0.106. The third kappa shape index (κ3) is 2.52. The second-order valence-corrected chi connectivity index (χ2v) is 8.02. The molecule has 104 valence electrons. The van der Waals surface area contributed by atoms with Crippen molar-refractivity contribution in [1.82, 2.24) is 9.55 Å². The summed E-state index contributed by atoms with van der Waals surface area (Å²) in [6, 6.07) is 10.5. The number of imidazole rings is 1. The maximum Gasteiger partial charge on any atom is 0.128 e. The van der Waals surface area contributed by atoms with Crippen molar-refractivity contribution in [3.8, 4) is 0 Å². The first kappa shape index (κ1) is 14.1. The van der Waals surface area contributed by atoms with Gasteiger partial charge in [0.25, 0.3) is 0 Å². The number of alkyl halides is 1. The molecular weight excluding hydrogens is 356 g/mol. The Kier molecular flexibility index (Phi) is 3.89. The van der Waals surface area contributed by atoms with Gasteiger partial charge in [0, 0.05) is 4.88 Å². The number of fused-ring (bicyclic) bond motifs is 1. The summed E-state index contributed by atoms with van der Waals surface area (Å²) in [4.78, 5) is 6.03. The summed E-state index contributed by atoms with van der Waals surface area (Å²) < 4.78 is 3.37. The Labute approximate surface area is 135 Å². The van der Waals surface area contributed by atoms with Crippen molar-refractivity contribution in [2.24, 2.45) is 0 Å². The van der Waals surface area contributed by atoms with E-state index in [2.05, 4.69) is 57.8 Å². The van der Waals surface area contributed by atoms with E-state index in [9.17, 15) is 0 Å². The van der Waals surface area contributed by atoms with Crippen molar-refractivity contribution >= 4 is 49.9 Å². The fourth-order valence-corrected chi connectivity index (χ4v) is 4.01. The number of rotatable bonds is 3. The van der Waals surface area contributed by atoms with Gasteiger partial charge < -0.3 is 4.57 Å². The highest BCUT2D eigenvalue weighted by molar-refractivity contribution is 9.11. The number of hydrogen-bond donors (Lipinski definition) is 0. The van der Waals surface area contributed by atoms with Gasteiger partial charge in [0.1, 0.15) is 5.82 Å². The molecule has 1 unspecified atom stereocenters. The quantitative estimate of drug-likeness (QED) is 0.556. The first-order chi connectivity index (χ1) is 9.56. The van der Waals surface area contributed by atoms with Gasteiger partial charge in [-0.3, -0.25) is 0 Å². The molecule has 0 aliphatic rings. The van der Waals surface area contributed by atoms with Crippen molar-refractivity contribution in [2.75, 3.05) is 0 Å². The largest absolute Gasteiger partial charge is 0.321 e. The molecule has 0 radical (unpaired) electrons. The van der Waals surface area contributed by atoms with E-state index in [1.165, 1.54) is 10.4 Å². The van der Waals surface area contributed by atoms with Gasteiger partial charge in [0.05, 0.1) is 26.7 Å². The third-order valence-electron chi connectivity index (χ3n) is 3.31. The normalized spacial score (nSPS) is 13.0. The Hall–Kier alpha value is -0.840. The van der Waals surface area contributed by atoms with Crippen LogP contribution >= 0.6 is 38.9 Å². The molecule has 1 atom stereocenters. The van der Waals surface area contributed by atoms with Crippen LogP contribution in [-0.4, -0.2) is 9.55 Å². The summed E-state index contributed by atoms with van der Waals surface area (Å²) in [5, 5.41) is -0.106. The maximum atomic E-state index is 6.31. The predicted octanol–water partition coefficient (Wildman–Crippen LogP) is 5.52. The number of halogens is 2. The molecule has 0 N–H and O–H groups in total. The molecule has 20 heavy (non-hydrogen) atoms. The number of thiophene rings is 1. The van der Waals surface area contributed by atoms with Crippen LogP contribution in [0.3, 0.4) is 0 Å². The second kappa shape index (κ2) is 5.51. The lowest BCUT2D eigenvalue weighted by Crippen LogP contribution is -2.04. The predicted molar refractivity (Wildman–Crippen MR) is 89.9 cm³/mol. The average Bonchev–Trinajstić information content (AvgIpc) is 2.96. The summed E-state index contributed by atoms with van der Waals surface area (Å²) >= 11 is 11.6. The summed E-state index contributed by atoms with van der Waals surface area (Å²) in [5.41, 5.74) is 3.38. The molecule has 0 amide bonds. The van der Waals surface area contributed by atoms with Gasteiger partial charge in [0.2, 0.25) is 0 Å². The van der Waals surface area contributed by atoms with Crippen molar-refractivity contribution < 1.29 is 0 Å². The molecule has 0 bridgehead atoms. The molecule has 0 saturated heterocycles. The lowest BCUT2D eigenvalue weighted by molar-refractivity contribution is 0.750. The Morgan fingerprint density at radius 2 is 2.15 bits per heavy atom. The molecule has 2 aromatic heterocycles. The van der Waals surface area contributed by atoms with E-state index in [1.807, 2.05) is 6.92 Å². The van der Waals surface area contributed by atoms with E-state index >= 15 is 0 Å². The Morgan fingerprint density at radius 3 is 2.80 bits per heavy atom. The fourth-order valence-electron chi connectivity index (χ4n) is 2.37. The molecule has 1 aromatic carbocycles. The first-order valence-corrected chi connectivity index (χ1v) is 8.45. The minimum atomic E-state index is -0.106. The van der Waals surface area contributed by atoms with Gasteiger partial charge in [-0.25, -0.2) is 4.98 Å². The number of aromatic nitrogens is 2.